The third-order valence-electron chi connectivity index (χ3n) is 3.01. The summed E-state index contributed by atoms with van der Waals surface area (Å²) in [5, 5.41) is 10.6. The lowest BCUT2D eigenvalue weighted by Crippen LogP contribution is -2.40. The number of likely N-dealkylation sites (tertiary alicyclic amines) is 1. The zero-order chi connectivity index (χ0) is 13.1. The minimum absolute atomic E-state index is 0.00394. The van der Waals surface area contributed by atoms with Gasteiger partial charge >= 0.3 is 5.00 Å². The maximum Gasteiger partial charge on any atom is 0.324 e. The average Bonchev–Trinajstić information content (AvgIpc) is 2.87. The fourth-order valence-corrected chi connectivity index (χ4v) is 3.11. The molecule has 98 valence electrons. The topological polar surface area (TPSA) is 63.4 Å². The molecule has 0 aromatic carbocycles. The van der Waals surface area contributed by atoms with Crippen LogP contribution in [0.3, 0.4) is 0 Å². The summed E-state index contributed by atoms with van der Waals surface area (Å²) in [4.78, 5) is 24.4. The lowest BCUT2D eigenvalue weighted by atomic mass is 10.00. The van der Waals surface area contributed by atoms with Gasteiger partial charge in [-0.15, -0.1) is 11.6 Å². The number of nitro groups is 1. The quantitative estimate of drug-likeness (QED) is 0.488. The first-order valence-electron chi connectivity index (χ1n) is 5.71. The highest BCUT2D eigenvalue weighted by molar-refractivity contribution is 7.17. The number of alkyl halides is 1. The molecule has 1 amide bonds. The van der Waals surface area contributed by atoms with Crippen LogP contribution in [0, 0.1) is 16.0 Å². The zero-order valence-corrected chi connectivity index (χ0v) is 11.2. The van der Waals surface area contributed by atoms with E-state index in [1.807, 2.05) is 0 Å². The number of rotatable bonds is 3. The molecule has 1 saturated heterocycles. The van der Waals surface area contributed by atoms with E-state index in [1.165, 1.54) is 12.1 Å². The van der Waals surface area contributed by atoms with Gasteiger partial charge in [-0.3, -0.25) is 14.9 Å². The zero-order valence-electron chi connectivity index (χ0n) is 9.67. The summed E-state index contributed by atoms with van der Waals surface area (Å²) in [5.74, 6) is 0.760. The van der Waals surface area contributed by atoms with Crippen LogP contribution in [0.1, 0.15) is 22.5 Å². The maximum absolute atomic E-state index is 12.2. The molecule has 1 aromatic heterocycles. The Hall–Kier alpha value is -1.14. The molecule has 7 heteroatoms. The second-order valence-electron chi connectivity index (χ2n) is 4.31. The van der Waals surface area contributed by atoms with Crippen LogP contribution < -0.4 is 0 Å². The lowest BCUT2D eigenvalue weighted by Gasteiger charge is -2.31. The Morgan fingerprint density at radius 2 is 2.39 bits per heavy atom. The minimum Gasteiger partial charge on any atom is -0.338 e. The second-order valence-corrected chi connectivity index (χ2v) is 5.68. The molecule has 0 radical (unpaired) electrons. The summed E-state index contributed by atoms with van der Waals surface area (Å²) in [5.41, 5.74) is 0. The summed E-state index contributed by atoms with van der Waals surface area (Å²) in [6, 6.07) is 2.90. The minimum atomic E-state index is -0.473. The van der Waals surface area contributed by atoms with Crippen molar-refractivity contribution >= 4 is 33.8 Å². The van der Waals surface area contributed by atoms with Crippen LogP contribution in [0.25, 0.3) is 0 Å². The molecule has 5 nitrogen and oxygen atoms in total. The third-order valence-corrected chi connectivity index (χ3v) is 4.47. The van der Waals surface area contributed by atoms with Crippen molar-refractivity contribution in [3.63, 3.8) is 0 Å². The van der Waals surface area contributed by atoms with Gasteiger partial charge in [0, 0.05) is 25.0 Å². The predicted molar refractivity (Wildman–Crippen MR) is 70.3 cm³/mol. The van der Waals surface area contributed by atoms with Crippen molar-refractivity contribution in [2.45, 2.75) is 12.8 Å². The third kappa shape index (κ3) is 2.81. The van der Waals surface area contributed by atoms with Gasteiger partial charge in [0.15, 0.2) is 0 Å². The van der Waals surface area contributed by atoms with Crippen LogP contribution in [-0.2, 0) is 0 Å². The van der Waals surface area contributed by atoms with E-state index >= 15 is 0 Å². The number of amides is 1. The number of hydrogen-bond donors (Lipinski definition) is 0. The normalized spacial score (nSPS) is 19.8. The Morgan fingerprint density at radius 1 is 1.61 bits per heavy atom. The molecule has 0 saturated carbocycles. The maximum atomic E-state index is 12.2. The van der Waals surface area contributed by atoms with E-state index in [2.05, 4.69) is 0 Å². The fourth-order valence-electron chi connectivity index (χ4n) is 2.07. The highest BCUT2D eigenvalue weighted by Gasteiger charge is 2.26. The molecule has 1 fully saturated rings. The van der Waals surface area contributed by atoms with E-state index in [0.717, 1.165) is 24.2 Å². The van der Waals surface area contributed by atoms with E-state index in [9.17, 15) is 14.9 Å². The van der Waals surface area contributed by atoms with Crippen LogP contribution in [0.15, 0.2) is 12.1 Å². The second kappa shape index (κ2) is 5.67. The van der Waals surface area contributed by atoms with Gasteiger partial charge in [-0.1, -0.05) is 11.3 Å². The first-order valence-corrected chi connectivity index (χ1v) is 7.06. The largest absolute Gasteiger partial charge is 0.338 e. The number of nitrogens with zero attached hydrogens (tertiary/aromatic N) is 2. The Labute approximate surface area is 113 Å². The standard InChI is InChI=1S/C11H13ClN2O3S/c12-6-8-2-1-5-13(7-8)11(15)9-3-4-10(18-9)14(16)17/h3-4,8H,1-2,5-7H2. The number of carbonyl (C=O) groups excluding carboxylic acids is 1. The molecule has 2 rings (SSSR count). The molecule has 0 aliphatic carbocycles. The van der Waals surface area contributed by atoms with E-state index in [1.54, 1.807) is 4.90 Å². The fraction of sp³-hybridized carbons (Fsp3) is 0.545. The van der Waals surface area contributed by atoms with Crippen molar-refractivity contribution in [2.75, 3.05) is 19.0 Å². The smallest absolute Gasteiger partial charge is 0.324 e. The van der Waals surface area contributed by atoms with Gasteiger partial charge in [-0.25, -0.2) is 0 Å². The first-order chi connectivity index (χ1) is 8.61. The molecule has 2 heterocycles. The lowest BCUT2D eigenvalue weighted by molar-refractivity contribution is -0.380. The van der Waals surface area contributed by atoms with Crippen LogP contribution >= 0.6 is 22.9 Å². The van der Waals surface area contributed by atoms with Gasteiger partial charge < -0.3 is 4.90 Å². The van der Waals surface area contributed by atoms with Gasteiger partial charge in [0.25, 0.3) is 5.91 Å². The highest BCUT2D eigenvalue weighted by atomic mass is 35.5. The average molecular weight is 289 g/mol. The molecular formula is C11H13ClN2O3S. The number of halogens is 1. The summed E-state index contributed by atoms with van der Waals surface area (Å²) < 4.78 is 0. The Balaban J connectivity index is 2.07. The molecule has 1 atom stereocenters. The van der Waals surface area contributed by atoms with E-state index in [4.69, 9.17) is 11.6 Å². The SMILES string of the molecule is O=C(c1ccc([N+](=O)[O-])s1)N1CCCC(CCl)C1. The molecule has 1 unspecified atom stereocenters. The summed E-state index contributed by atoms with van der Waals surface area (Å²) in [7, 11) is 0. The van der Waals surface area contributed by atoms with E-state index in [-0.39, 0.29) is 10.9 Å². The van der Waals surface area contributed by atoms with Gasteiger partial charge in [0.05, 0.1) is 9.80 Å². The number of carbonyl (C=O) groups is 1. The first kappa shape index (κ1) is 13.3. The number of thiophene rings is 1. The molecule has 0 N–H and O–H groups in total. The Bertz CT molecular complexity index is 463. The monoisotopic (exact) mass is 288 g/mol. The van der Waals surface area contributed by atoms with E-state index < -0.39 is 4.92 Å². The van der Waals surface area contributed by atoms with Crippen molar-refractivity contribution in [2.24, 2.45) is 5.92 Å². The predicted octanol–water partition coefficient (Wildman–Crippen LogP) is 2.75. The molecule has 1 aliphatic rings. The van der Waals surface area contributed by atoms with Crippen molar-refractivity contribution in [1.29, 1.82) is 0 Å². The summed E-state index contributed by atoms with van der Waals surface area (Å²) in [6.07, 6.45) is 1.98. The van der Waals surface area contributed by atoms with Gasteiger partial charge in [-0.2, -0.15) is 0 Å². The molecule has 1 aromatic rings. The highest BCUT2D eigenvalue weighted by Crippen LogP contribution is 2.27. The van der Waals surface area contributed by atoms with Crippen LogP contribution in [0.4, 0.5) is 5.00 Å². The molecule has 18 heavy (non-hydrogen) atoms. The van der Waals surface area contributed by atoms with Crippen LogP contribution in [0.2, 0.25) is 0 Å². The molecule has 0 bridgehead atoms. The van der Waals surface area contributed by atoms with Gasteiger partial charge in [-0.05, 0) is 24.8 Å². The Kier molecular flexibility index (Phi) is 4.19. The van der Waals surface area contributed by atoms with Gasteiger partial charge in [0.1, 0.15) is 0 Å². The van der Waals surface area contributed by atoms with Crippen molar-refractivity contribution < 1.29 is 9.72 Å². The Morgan fingerprint density at radius 3 is 3.00 bits per heavy atom. The summed E-state index contributed by atoms with van der Waals surface area (Å²) >= 11 is 6.75. The molecule has 0 spiro atoms. The van der Waals surface area contributed by atoms with Crippen LogP contribution in [0.5, 0.6) is 0 Å². The van der Waals surface area contributed by atoms with Crippen molar-refractivity contribution in [1.82, 2.24) is 4.90 Å². The summed E-state index contributed by atoms with van der Waals surface area (Å²) in [6.45, 7) is 1.35. The van der Waals surface area contributed by atoms with Crippen molar-refractivity contribution in [3.05, 3.63) is 27.1 Å². The van der Waals surface area contributed by atoms with Crippen molar-refractivity contribution in [3.8, 4) is 0 Å². The number of piperidine rings is 1. The molecule has 1 aliphatic heterocycles. The van der Waals surface area contributed by atoms with Crippen LogP contribution in [-0.4, -0.2) is 34.7 Å². The number of hydrogen-bond acceptors (Lipinski definition) is 4. The van der Waals surface area contributed by atoms with E-state index in [0.29, 0.717) is 29.8 Å². The van der Waals surface area contributed by atoms with Gasteiger partial charge in [0.2, 0.25) is 0 Å². The molecular weight excluding hydrogens is 276 g/mol.